The molecule has 0 saturated heterocycles. The summed E-state index contributed by atoms with van der Waals surface area (Å²) < 4.78 is 24.7. The Hall–Kier alpha value is -1.47. The van der Waals surface area contributed by atoms with Crippen LogP contribution in [0.4, 0.5) is 0 Å². The smallest absolute Gasteiger partial charge is 0.336 e. The van der Waals surface area contributed by atoms with Gasteiger partial charge in [0.2, 0.25) is 5.78 Å². The molecule has 22 heavy (non-hydrogen) atoms. The molecule has 0 atom stereocenters. The lowest BCUT2D eigenvalue weighted by Crippen LogP contribution is -2.11. The zero-order valence-electron chi connectivity index (χ0n) is 12.2. The number of carbonyl (C=O) groups excluding carboxylic acids is 1. The summed E-state index contributed by atoms with van der Waals surface area (Å²) in [7, 11) is -3.33. The van der Waals surface area contributed by atoms with Crippen molar-refractivity contribution in [2.75, 3.05) is 13.2 Å². The van der Waals surface area contributed by atoms with Gasteiger partial charge in [-0.15, -0.1) is 0 Å². The average molecular weight is 347 g/mol. The SMILES string of the molecule is CCOP(=O)(Cc1cc(Cl)nc2nc(C(N)=O)cn12)OCC. The van der Waals surface area contributed by atoms with Crippen LogP contribution in [0.3, 0.4) is 0 Å². The van der Waals surface area contributed by atoms with Crippen molar-refractivity contribution < 1.29 is 18.4 Å². The second-order valence-electron chi connectivity index (χ2n) is 4.34. The molecule has 8 nitrogen and oxygen atoms in total. The molecule has 0 radical (unpaired) electrons. The summed E-state index contributed by atoms with van der Waals surface area (Å²) in [5.41, 5.74) is 5.75. The maximum atomic E-state index is 12.6. The van der Waals surface area contributed by atoms with Gasteiger partial charge in [0.05, 0.1) is 19.4 Å². The Morgan fingerprint density at radius 1 is 1.36 bits per heavy atom. The van der Waals surface area contributed by atoms with Crippen LogP contribution >= 0.6 is 19.2 Å². The number of imidazole rings is 1. The molecule has 0 unspecified atom stereocenters. The van der Waals surface area contributed by atoms with Crippen molar-refractivity contribution in [1.82, 2.24) is 14.4 Å². The molecule has 0 aliphatic rings. The number of halogens is 1. The molecule has 0 fully saturated rings. The Balaban J connectivity index is 2.49. The van der Waals surface area contributed by atoms with Crippen LogP contribution in [-0.2, 0) is 19.8 Å². The van der Waals surface area contributed by atoms with Crippen LogP contribution in [0.15, 0.2) is 12.3 Å². The average Bonchev–Trinajstić information content (AvgIpc) is 2.83. The van der Waals surface area contributed by atoms with Crippen molar-refractivity contribution in [1.29, 1.82) is 0 Å². The van der Waals surface area contributed by atoms with Crippen molar-refractivity contribution in [2.24, 2.45) is 5.73 Å². The number of amides is 1. The van der Waals surface area contributed by atoms with Crippen molar-refractivity contribution >= 4 is 30.9 Å². The van der Waals surface area contributed by atoms with Crippen LogP contribution in [0.25, 0.3) is 5.78 Å². The van der Waals surface area contributed by atoms with Gasteiger partial charge in [0.25, 0.3) is 5.91 Å². The molecule has 120 valence electrons. The second-order valence-corrected chi connectivity index (χ2v) is 6.78. The highest BCUT2D eigenvalue weighted by Gasteiger charge is 2.26. The number of rotatable bonds is 7. The fraction of sp³-hybridized carbons (Fsp3) is 0.417. The van der Waals surface area contributed by atoms with Crippen LogP contribution in [0.1, 0.15) is 30.0 Å². The Labute approximate surface area is 132 Å². The van der Waals surface area contributed by atoms with E-state index in [1.54, 1.807) is 13.8 Å². The van der Waals surface area contributed by atoms with E-state index in [0.717, 1.165) is 0 Å². The van der Waals surface area contributed by atoms with Gasteiger partial charge in [-0.25, -0.2) is 9.97 Å². The third-order valence-electron chi connectivity index (χ3n) is 2.75. The highest BCUT2D eigenvalue weighted by atomic mass is 35.5. The molecular weight excluding hydrogens is 331 g/mol. The van der Waals surface area contributed by atoms with E-state index < -0.39 is 13.5 Å². The first-order valence-corrected chi connectivity index (χ1v) is 8.71. The summed E-state index contributed by atoms with van der Waals surface area (Å²) in [5, 5.41) is 0.156. The summed E-state index contributed by atoms with van der Waals surface area (Å²) in [6, 6.07) is 1.52. The molecule has 0 aromatic carbocycles. The molecule has 0 bridgehead atoms. The topological polar surface area (TPSA) is 109 Å². The molecule has 2 aromatic heterocycles. The summed E-state index contributed by atoms with van der Waals surface area (Å²) in [6.45, 7) is 3.94. The molecule has 0 spiro atoms. The van der Waals surface area contributed by atoms with E-state index in [0.29, 0.717) is 5.69 Å². The number of hydrogen-bond donors (Lipinski definition) is 1. The van der Waals surface area contributed by atoms with Gasteiger partial charge in [-0.3, -0.25) is 13.8 Å². The van der Waals surface area contributed by atoms with Gasteiger partial charge in [-0.05, 0) is 19.9 Å². The van der Waals surface area contributed by atoms with E-state index in [-0.39, 0.29) is 36.0 Å². The highest BCUT2D eigenvalue weighted by Crippen LogP contribution is 2.51. The maximum absolute atomic E-state index is 12.6. The minimum Gasteiger partial charge on any atom is -0.364 e. The molecule has 0 saturated carbocycles. The zero-order chi connectivity index (χ0) is 16.3. The predicted octanol–water partition coefficient (Wildman–Crippen LogP) is 2.25. The number of nitrogens with two attached hydrogens (primary N) is 1. The van der Waals surface area contributed by atoms with E-state index >= 15 is 0 Å². The number of aromatic nitrogens is 3. The molecule has 1 amide bonds. The molecule has 2 N–H and O–H groups in total. The zero-order valence-corrected chi connectivity index (χ0v) is 13.8. The third kappa shape index (κ3) is 3.64. The summed E-state index contributed by atoms with van der Waals surface area (Å²) in [6.07, 6.45) is 1.39. The molecule has 2 aromatic rings. The minimum absolute atomic E-state index is 0.0258. The molecule has 10 heteroatoms. The van der Waals surface area contributed by atoms with Crippen molar-refractivity contribution in [2.45, 2.75) is 20.0 Å². The summed E-state index contributed by atoms with van der Waals surface area (Å²) in [5.74, 6) is -0.499. The van der Waals surface area contributed by atoms with Crippen LogP contribution in [0.2, 0.25) is 5.15 Å². The van der Waals surface area contributed by atoms with Crippen LogP contribution < -0.4 is 5.73 Å². The van der Waals surface area contributed by atoms with Gasteiger partial charge in [0.1, 0.15) is 10.8 Å². The lowest BCUT2D eigenvalue weighted by atomic mass is 10.4. The Morgan fingerprint density at radius 2 is 2.00 bits per heavy atom. The van der Waals surface area contributed by atoms with E-state index in [1.165, 1.54) is 16.7 Å². The molecule has 2 heterocycles. The highest BCUT2D eigenvalue weighted by molar-refractivity contribution is 7.53. The Bertz CT molecular complexity index is 738. The standard InChI is InChI=1S/C12H16ClN4O4P/c1-3-20-22(19,21-4-2)7-8-5-10(13)16-12-15-9(11(14)18)6-17(8)12/h5-6H,3-4,7H2,1-2H3,(H2,14,18). The van der Waals surface area contributed by atoms with Gasteiger partial charge >= 0.3 is 7.60 Å². The van der Waals surface area contributed by atoms with E-state index in [9.17, 15) is 9.36 Å². The fourth-order valence-corrected chi connectivity index (χ4v) is 3.84. The number of fused-ring (bicyclic) bond motifs is 1. The molecule has 0 aliphatic carbocycles. The lowest BCUT2D eigenvalue weighted by molar-refractivity contribution is 0.0996. The first-order chi connectivity index (χ1) is 10.4. The maximum Gasteiger partial charge on any atom is 0.336 e. The molecule has 2 rings (SSSR count). The van der Waals surface area contributed by atoms with E-state index in [1.807, 2.05) is 0 Å². The monoisotopic (exact) mass is 346 g/mol. The second kappa shape index (κ2) is 6.75. The third-order valence-corrected chi connectivity index (χ3v) is 4.96. The molecule has 0 aliphatic heterocycles. The number of nitrogens with zero attached hydrogens (tertiary/aromatic N) is 3. The van der Waals surface area contributed by atoms with Gasteiger partial charge in [0, 0.05) is 11.9 Å². The number of carbonyl (C=O) groups is 1. The largest absolute Gasteiger partial charge is 0.364 e. The summed E-state index contributed by atoms with van der Waals surface area (Å²) in [4.78, 5) is 19.2. The van der Waals surface area contributed by atoms with Crippen molar-refractivity contribution in [3.63, 3.8) is 0 Å². The van der Waals surface area contributed by atoms with Gasteiger partial charge < -0.3 is 14.8 Å². The van der Waals surface area contributed by atoms with Gasteiger partial charge in [0.15, 0.2) is 0 Å². The Morgan fingerprint density at radius 3 is 2.55 bits per heavy atom. The van der Waals surface area contributed by atoms with E-state index in [4.69, 9.17) is 26.4 Å². The summed E-state index contributed by atoms with van der Waals surface area (Å²) >= 11 is 5.94. The number of hydrogen-bond acceptors (Lipinski definition) is 6. The predicted molar refractivity (Wildman–Crippen MR) is 81.1 cm³/mol. The van der Waals surface area contributed by atoms with Gasteiger partial charge in [-0.2, -0.15) is 0 Å². The quantitative estimate of drug-likeness (QED) is 0.608. The van der Waals surface area contributed by atoms with Crippen molar-refractivity contribution in [3.8, 4) is 0 Å². The van der Waals surface area contributed by atoms with Gasteiger partial charge in [-0.1, -0.05) is 11.6 Å². The van der Waals surface area contributed by atoms with Crippen LogP contribution in [-0.4, -0.2) is 33.5 Å². The van der Waals surface area contributed by atoms with Crippen LogP contribution in [0, 0.1) is 0 Å². The first kappa shape index (κ1) is 16.9. The first-order valence-electron chi connectivity index (χ1n) is 6.61. The Kier molecular flexibility index (Phi) is 5.18. The fourth-order valence-electron chi connectivity index (χ4n) is 1.96. The number of primary amides is 1. The minimum atomic E-state index is -3.33. The lowest BCUT2D eigenvalue weighted by Gasteiger charge is -2.17. The van der Waals surface area contributed by atoms with Crippen molar-refractivity contribution in [3.05, 3.63) is 28.8 Å². The normalized spacial score (nSPS) is 12.0. The van der Waals surface area contributed by atoms with E-state index in [2.05, 4.69) is 9.97 Å². The van der Waals surface area contributed by atoms with Crippen LogP contribution in [0.5, 0.6) is 0 Å². The molecular formula is C12H16ClN4O4P.